The molecular formula is C12H17AgNO2+. The number of hydrogen-bond donors (Lipinski definition) is 1. The fourth-order valence-corrected chi connectivity index (χ4v) is 1.59. The molecule has 1 aromatic carbocycles. The van der Waals surface area contributed by atoms with E-state index in [0.717, 1.165) is 5.56 Å². The summed E-state index contributed by atoms with van der Waals surface area (Å²) < 4.78 is 5.33. The Morgan fingerprint density at radius 3 is 2.19 bits per heavy atom. The predicted octanol–water partition coefficient (Wildman–Crippen LogP) is 2.53. The second-order valence-corrected chi connectivity index (χ2v) is 3.75. The molecule has 0 saturated carbocycles. The monoisotopic (exact) mass is 314 g/mol. The number of benzene rings is 1. The summed E-state index contributed by atoms with van der Waals surface area (Å²) in [6.07, 6.45) is -0.183. The molecule has 0 aliphatic carbocycles. The maximum Gasteiger partial charge on any atom is 1.00 e. The molecule has 0 amide bonds. The molecule has 0 heterocycles. The van der Waals surface area contributed by atoms with Gasteiger partial charge in [-0.1, -0.05) is 49.3 Å². The number of ether oxygens (including phenoxy) is 1. The smallest absolute Gasteiger partial charge is 0.411 e. The quantitative estimate of drug-likeness (QED) is 0.401. The fraction of sp³-hybridized carbons (Fsp3) is 0.417. The summed E-state index contributed by atoms with van der Waals surface area (Å²) in [4.78, 5) is 0. The molecule has 0 aliphatic rings. The van der Waals surface area contributed by atoms with E-state index in [-0.39, 0.29) is 34.4 Å². The Balaban J connectivity index is 0.00000225. The molecule has 0 spiro atoms. The van der Waals surface area contributed by atoms with Crippen molar-refractivity contribution in [1.82, 2.24) is 0 Å². The van der Waals surface area contributed by atoms with Crippen molar-refractivity contribution in [3.8, 4) is 0 Å². The van der Waals surface area contributed by atoms with Crippen molar-refractivity contribution in [2.45, 2.75) is 20.0 Å². The molecule has 0 aliphatic heterocycles. The van der Waals surface area contributed by atoms with Crippen LogP contribution < -0.4 is 0 Å². The molecule has 0 aromatic heterocycles. The van der Waals surface area contributed by atoms with Gasteiger partial charge in [0, 0.05) is 12.7 Å². The van der Waals surface area contributed by atoms with E-state index in [1.165, 1.54) is 0 Å². The number of oxime groups is 1. The van der Waals surface area contributed by atoms with Gasteiger partial charge in [0.05, 0.1) is 0 Å². The summed E-state index contributed by atoms with van der Waals surface area (Å²) in [5, 5.41) is 12.4. The van der Waals surface area contributed by atoms with Crippen LogP contribution in [0.3, 0.4) is 0 Å². The Morgan fingerprint density at radius 2 is 1.81 bits per heavy atom. The van der Waals surface area contributed by atoms with Crippen LogP contribution in [0.15, 0.2) is 35.5 Å². The molecule has 1 unspecified atom stereocenters. The van der Waals surface area contributed by atoms with Gasteiger partial charge >= 0.3 is 22.4 Å². The first kappa shape index (κ1) is 15.4. The van der Waals surface area contributed by atoms with E-state index in [9.17, 15) is 0 Å². The minimum absolute atomic E-state index is 0. The maximum absolute atomic E-state index is 9.04. The Kier molecular flexibility index (Phi) is 7.34. The second kappa shape index (κ2) is 7.63. The number of rotatable bonds is 4. The van der Waals surface area contributed by atoms with Crippen LogP contribution in [0.2, 0.25) is 0 Å². The van der Waals surface area contributed by atoms with Gasteiger partial charge in [0.15, 0.2) is 0 Å². The molecule has 1 N–H and O–H groups in total. The van der Waals surface area contributed by atoms with Crippen molar-refractivity contribution in [3.63, 3.8) is 0 Å². The van der Waals surface area contributed by atoms with Gasteiger partial charge in [0.1, 0.15) is 11.8 Å². The Bertz CT molecular complexity index is 325. The van der Waals surface area contributed by atoms with E-state index >= 15 is 0 Å². The molecule has 0 bridgehead atoms. The summed E-state index contributed by atoms with van der Waals surface area (Å²) in [6, 6.07) is 9.56. The van der Waals surface area contributed by atoms with Crippen LogP contribution in [0.25, 0.3) is 0 Å². The summed E-state index contributed by atoms with van der Waals surface area (Å²) in [6.45, 7) is 4.06. The summed E-state index contributed by atoms with van der Waals surface area (Å²) in [5.41, 5.74) is 1.47. The summed E-state index contributed by atoms with van der Waals surface area (Å²) >= 11 is 0. The molecule has 16 heavy (non-hydrogen) atoms. The van der Waals surface area contributed by atoms with Gasteiger partial charge in [-0.15, -0.1) is 0 Å². The topological polar surface area (TPSA) is 41.8 Å². The van der Waals surface area contributed by atoms with E-state index in [0.29, 0.717) is 5.71 Å². The van der Waals surface area contributed by atoms with Crippen LogP contribution in [0, 0.1) is 5.92 Å². The fourth-order valence-electron chi connectivity index (χ4n) is 1.59. The van der Waals surface area contributed by atoms with Crippen molar-refractivity contribution < 1.29 is 32.3 Å². The van der Waals surface area contributed by atoms with Crippen LogP contribution in [0.1, 0.15) is 19.4 Å². The van der Waals surface area contributed by atoms with E-state index in [4.69, 9.17) is 9.94 Å². The summed E-state index contributed by atoms with van der Waals surface area (Å²) in [7, 11) is 1.62. The molecule has 1 rings (SSSR count). The van der Waals surface area contributed by atoms with Gasteiger partial charge in [0.25, 0.3) is 0 Å². The van der Waals surface area contributed by atoms with Crippen LogP contribution in [0.5, 0.6) is 0 Å². The van der Waals surface area contributed by atoms with Crippen LogP contribution in [-0.2, 0) is 27.1 Å². The Labute approximate surface area is 112 Å². The zero-order valence-corrected chi connectivity index (χ0v) is 11.1. The average molecular weight is 315 g/mol. The molecule has 0 radical (unpaired) electrons. The van der Waals surface area contributed by atoms with E-state index in [1.807, 2.05) is 44.2 Å². The SMILES string of the molecule is COC(/C(=N/O)c1ccccc1)C(C)C.[Ag+]. The van der Waals surface area contributed by atoms with Crippen molar-refractivity contribution >= 4 is 5.71 Å². The maximum atomic E-state index is 9.04. The molecule has 92 valence electrons. The van der Waals surface area contributed by atoms with Gasteiger partial charge in [-0.25, -0.2) is 0 Å². The van der Waals surface area contributed by atoms with E-state index in [1.54, 1.807) is 7.11 Å². The third-order valence-corrected chi connectivity index (χ3v) is 2.31. The van der Waals surface area contributed by atoms with E-state index in [2.05, 4.69) is 5.16 Å². The molecular weight excluding hydrogens is 298 g/mol. The zero-order valence-electron chi connectivity index (χ0n) is 9.65. The molecule has 4 heteroatoms. The van der Waals surface area contributed by atoms with Gasteiger partial charge in [0.2, 0.25) is 0 Å². The summed E-state index contributed by atoms with van der Waals surface area (Å²) in [5.74, 6) is 0.265. The minimum atomic E-state index is -0.183. The Morgan fingerprint density at radius 1 is 1.25 bits per heavy atom. The van der Waals surface area contributed by atoms with Crippen LogP contribution >= 0.6 is 0 Å². The normalized spacial score (nSPS) is 13.4. The predicted molar refractivity (Wildman–Crippen MR) is 60.4 cm³/mol. The number of hydrogen-bond acceptors (Lipinski definition) is 3. The van der Waals surface area contributed by atoms with Crippen molar-refractivity contribution in [1.29, 1.82) is 0 Å². The van der Waals surface area contributed by atoms with E-state index < -0.39 is 0 Å². The molecule has 1 atom stereocenters. The Hall–Kier alpha value is -0.610. The van der Waals surface area contributed by atoms with Crippen molar-refractivity contribution in [3.05, 3.63) is 35.9 Å². The van der Waals surface area contributed by atoms with Gasteiger partial charge < -0.3 is 9.94 Å². The standard InChI is InChI=1S/C12H17NO2.Ag/c1-9(2)12(15-3)11(13-14)10-7-5-4-6-8-10;/h4-9,12,14H,1-3H3;/q;+1/b13-11+;. The molecule has 0 saturated heterocycles. The first-order valence-electron chi connectivity index (χ1n) is 5.00. The van der Waals surface area contributed by atoms with Gasteiger partial charge in [-0.2, -0.15) is 0 Å². The van der Waals surface area contributed by atoms with Crippen LogP contribution in [-0.4, -0.2) is 24.1 Å². The van der Waals surface area contributed by atoms with Gasteiger partial charge in [-0.3, -0.25) is 0 Å². The van der Waals surface area contributed by atoms with Crippen LogP contribution in [0.4, 0.5) is 0 Å². The van der Waals surface area contributed by atoms with Crippen molar-refractivity contribution in [2.24, 2.45) is 11.1 Å². The average Bonchev–Trinajstić information content (AvgIpc) is 2.26. The molecule has 3 nitrogen and oxygen atoms in total. The molecule has 1 aromatic rings. The first-order valence-corrected chi connectivity index (χ1v) is 5.00. The number of methoxy groups -OCH3 is 1. The largest absolute Gasteiger partial charge is 1.00 e. The number of nitrogens with zero attached hydrogens (tertiary/aromatic N) is 1. The van der Waals surface area contributed by atoms with Gasteiger partial charge in [-0.05, 0) is 5.92 Å². The minimum Gasteiger partial charge on any atom is -0.411 e. The first-order chi connectivity index (χ1) is 7.20. The third kappa shape index (κ3) is 3.76. The molecule has 0 fully saturated rings. The second-order valence-electron chi connectivity index (χ2n) is 3.75. The third-order valence-electron chi connectivity index (χ3n) is 2.31. The van der Waals surface area contributed by atoms with Crippen molar-refractivity contribution in [2.75, 3.05) is 7.11 Å². The zero-order chi connectivity index (χ0) is 11.3.